The maximum atomic E-state index is 5.86. The van der Waals surface area contributed by atoms with Crippen molar-refractivity contribution in [2.24, 2.45) is 11.7 Å². The van der Waals surface area contributed by atoms with Crippen molar-refractivity contribution in [3.8, 4) is 0 Å². The molecule has 60 valence electrons. The van der Waals surface area contributed by atoms with Gasteiger partial charge in [0.25, 0.3) is 0 Å². The van der Waals surface area contributed by atoms with Crippen LogP contribution in [0, 0.1) is 5.92 Å². The van der Waals surface area contributed by atoms with Gasteiger partial charge in [0.15, 0.2) is 0 Å². The minimum absolute atomic E-state index is 0.405. The summed E-state index contributed by atoms with van der Waals surface area (Å²) >= 11 is 0. The van der Waals surface area contributed by atoms with Gasteiger partial charge in [-0.1, -0.05) is 13.8 Å². The van der Waals surface area contributed by atoms with Crippen molar-refractivity contribution in [1.29, 1.82) is 0 Å². The van der Waals surface area contributed by atoms with Gasteiger partial charge in [-0.25, -0.2) is 0 Å². The Balaban J connectivity index is 2.26. The van der Waals surface area contributed by atoms with Gasteiger partial charge in [0.05, 0.1) is 0 Å². The van der Waals surface area contributed by atoms with E-state index in [1.54, 1.807) is 0 Å². The largest absolute Gasteiger partial charge is 0.326 e. The molecule has 0 saturated carbocycles. The second-order valence-electron chi connectivity index (χ2n) is 3.64. The van der Waals surface area contributed by atoms with Crippen LogP contribution in [0.3, 0.4) is 0 Å². The molecule has 1 saturated heterocycles. The minimum Gasteiger partial charge on any atom is -0.326 e. The van der Waals surface area contributed by atoms with Crippen LogP contribution in [-0.4, -0.2) is 18.6 Å². The highest BCUT2D eigenvalue weighted by molar-refractivity contribution is 4.86. The first kappa shape index (κ1) is 8.02. The second-order valence-corrected chi connectivity index (χ2v) is 3.64. The normalized spacial score (nSPS) is 33.6. The summed E-state index contributed by atoms with van der Waals surface area (Å²) < 4.78 is 0. The first-order chi connectivity index (χ1) is 4.70. The highest BCUT2D eigenvalue weighted by Crippen LogP contribution is 2.12. The molecule has 1 aliphatic rings. The van der Waals surface area contributed by atoms with Crippen molar-refractivity contribution in [2.45, 2.75) is 38.8 Å². The predicted molar refractivity (Wildman–Crippen MR) is 43.8 cm³/mol. The van der Waals surface area contributed by atoms with E-state index in [0.717, 1.165) is 18.9 Å². The molecule has 0 radical (unpaired) electrons. The topological polar surface area (TPSA) is 38.0 Å². The molecule has 2 nitrogen and oxygen atoms in total. The lowest BCUT2D eigenvalue weighted by atomic mass is 10.00. The van der Waals surface area contributed by atoms with Crippen molar-refractivity contribution >= 4 is 0 Å². The Kier molecular flexibility index (Phi) is 2.69. The zero-order valence-electron chi connectivity index (χ0n) is 6.93. The Labute approximate surface area is 63.2 Å². The third-order valence-corrected chi connectivity index (χ3v) is 2.13. The zero-order chi connectivity index (χ0) is 7.56. The molecule has 0 aromatic rings. The smallest absolute Gasteiger partial charge is 0.0221 e. The fraction of sp³-hybridized carbons (Fsp3) is 1.00. The van der Waals surface area contributed by atoms with Crippen molar-refractivity contribution in [2.75, 3.05) is 6.54 Å². The standard InChI is InChI=1S/C8H18N2/c1-6(2)5-8-7(9)3-4-10-8/h6-8,10H,3-5,9H2,1-2H3/t7?,8-/m0/s1. The first-order valence-electron chi connectivity index (χ1n) is 4.19. The summed E-state index contributed by atoms with van der Waals surface area (Å²) in [6.45, 7) is 5.60. The molecule has 0 aromatic heterocycles. The van der Waals surface area contributed by atoms with Crippen LogP contribution < -0.4 is 11.1 Å². The van der Waals surface area contributed by atoms with Crippen LogP contribution in [0.4, 0.5) is 0 Å². The Morgan fingerprint density at radius 2 is 2.30 bits per heavy atom. The van der Waals surface area contributed by atoms with Gasteiger partial charge < -0.3 is 11.1 Å². The SMILES string of the molecule is CC(C)C[C@@H]1NCCC1N. The van der Waals surface area contributed by atoms with E-state index in [2.05, 4.69) is 19.2 Å². The molecule has 0 amide bonds. The minimum atomic E-state index is 0.405. The molecule has 3 N–H and O–H groups in total. The number of hydrogen-bond donors (Lipinski definition) is 2. The summed E-state index contributed by atoms with van der Waals surface area (Å²) in [5, 5.41) is 3.41. The van der Waals surface area contributed by atoms with Crippen LogP contribution in [0.25, 0.3) is 0 Å². The van der Waals surface area contributed by atoms with Gasteiger partial charge in [0.1, 0.15) is 0 Å². The van der Waals surface area contributed by atoms with Crippen LogP contribution in [0.1, 0.15) is 26.7 Å². The molecule has 0 bridgehead atoms. The zero-order valence-corrected chi connectivity index (χ0v) is 6.93. The Morgan fingerprint density at radius 3 is 2.70 bits per heavy atom. The van der Waals surface area contributed by atoms with Gasteiger partial charge >= 0.3 is 0 Å². The molecule has 1 heterocycles. The maximum absolute atomic E-state index is 5.86. The summed E-state index contributed by atoms with van der Waals surface area (Å²) in [7, 11) is 0. The maximum Gasteiger partial charge on any atom is 0.0221 e. The monoisotopic (exact) mass is 142 g/mol. The number of hydrogen-bond acceptors (Lipinski definition) is 2. The fourth-order valence-electron chi connectivity index (χ4n) is 1.55. The van der Waals surface area contributed by atoms with E-state index in [-0.39, 0.29) is 0 Å². The molecule has 1 unspecified atom stereocenters. The lowest BCUT2D eigenvalue weighted by Gasteiger charge is -2.17. The van der Waals surface area contributed by atoms with Crippen LogP contribution in [-0.2, 0) is 0 Å². The van der Waals surface area contributed by atoms with Crippen molar-refractivity contribution < 1.29 is 0 Å². The summed E-state index contributed by atoms with van der Waals surface area (Å²) in [5.41, 5.74) is 5.86. The van der Waals surface area contributed by atoms with E-state index >= 15 is 0 Å². The number of rotatable bonds is 2. The third kappa shape index (κ3) is 1.96. The molecule has 0 aromatic carbocycles. The second kappa shape index (κ2) is 3.35. The molecule has 0 spiro atoms. The van der Waals surface area contributed by atoms with Gasteiger partial charge in [-0.3, -0.25) is 0 Å². The average molecular weight is 142 g/mol. The van der Waals surface area contributed by atoms with Gasteiger partial charge in [0, 0.05) is 12.1 Å². The molecule has 1 aliphatic heterocycles. The van der Waals surface area contributed by atoms with Crippen LogP contribution in [0.2, 0.25) is 0 Å². The van der Waals surface area contributed by atoms with Gasteiger partial charge in [0.2, 0.25) is 0 Å². The van der Waals surface area contributed by atoms with Crippen molar-refractivity contribution in [1.82, 2.24) is 5.32 Å². The van der Waals surface area contributed by atoms with E-state index in [1.165, 1.54) is 6.42 Å². The quantitative estimate of drug-likeness (QED) is 0.596. The van der Waals surface area contributed by atoms with E-state index in [4.69, 9.17) is 5.73 Å². The Hall–Kier alpha value is -0.0800. The predicted octanol–water partition coefficient (Wildman–Crippen LogP) is 0.722. The molecular formula is C8H18N2. The molecule has 10 heavy (non-hydrogen) atoms. The van der Waals surface area contributed by atoms with E-state index in [9.17, 15) is 0 Å². The number of nitrogens with one attached hydrogen (secondary N) is 1. The lowest BCUT2D eigenvalue weighted by molar-refractivity contribution is 0.432. The summed E-state index contributed by atoms with van der Waals surface area (Å²) in [6, 6.07) is 0.988. The van der Waals surface area contributed by atoms with Crippen LogP contribution >= 0.6 is 0 Å². The van der Waals surface area contributed by atoms with Crippen LogP contribution in [0.5, 0.6) is 0 Å². The average Bonchev–Trinajstić information content (AvgIpc) is 2.15. The van der Waals surface area contributed by atoms with Gasteiger partial charge in [-0.05, 0) is 25.3 Å². The summed E-state index contributed by atoms with van der Waals surface area (Å²) in [5.74, 6) is 0.765. The van der Waals surface area contributed by atoms with E-state index in [0.29, 0.717) is 12.1 Å². The highest BCUT2D eigenvalue weighted by Gasteiger charge is 2.23. The molecular weight excluding hydrogens is 124 g/mol. The van der Waals surface area contributed by atoms with E-state index in [1.807, 2.05) is 0 Å². The molecule has 0 aliphatic carbocycles. The molecule has 2 heteroatoms. The van der Waals surface area contributed by atoms with Crippen molar-refractivity contribution in [3.05, 3.63) is 0 Å². The number of nitrogens with two attached hydrogens (primary N) is 1. The van der Waals surface area contributed by atoms with Gasteiger partial charge in [-0.15, -0.1) is 0 Å². The van der Waals surface area contributed by atoms with E-state index < -0.39 is 0 Å². The molecule has 2 atom stereocenters. The van der Waals surface area contributed by atoms with Crippen molar-refractivity contribution in [3.63, 3.8) is 0 Å². The lowest BCUT2D eigenvalue weighted by Crippen LogP contribution is -2.37. The summed E-state index contributed by atoms with van der Waals surface area (Å²) in [4.78, 5) is 0. The molecule has 1 rings (SSSR count). The van der Waals surface area contributed by atoms with Gasteiger partial charge in [-0.2, -0.15) is 0 Å². The first-order valence-corrected chi connectivity index (χ1v) is 4.19. The Morgan fingerprint density at radius 1 is 1.60 bits per heavy atom. The fourth-order valence-corrected chi connectivity index (χ4v) is 1.55. The van der Waals surface area contributed by atoms with Crippen LogP contribution in [0.15, 0.2) is 0 Å². The summed E-state index contributed by atoms with van der Waals surface area (Å²) in [6.07, 6.45) is 2.37. The third-order valence-electron chi connectivity index (χ3n) is 2.13. The Bertz CT molecular complexity index is 101. The highest BCUT2D eigenvalue weighted by atomic mass is 15.0. The molecule has 1 fully saturated rings.